The fourth-order valence-electron chi connectivity index (χ4n) is 6.10. The number of alkyl carbamates (subject to hydrolysis) is 1. The highest BCUT2D eigenvalue weighted by Gasteiger charge is 2.31. The van der Waals surface area contributed by atoms with E-state index in [4.69, 9.17) is 18.9 Å². The Labute approximate surface area is 367 Å². The third-order valence-corrected chi connectivity index (χ3v) is 9.39. The number of amides is 4. The van der Waals surface area contributed by atoms with Gasteiger partial charge in [0.05, 0.1) is 18.6 Å². The quantitative estimate of drug-likeness (QED) is 0.0682. The van der Waals surface area contributed by atoms with E-state index in [1.54, 1.807) is 62.1 Å². The molecule has 0 fully saturated rings. The number of nitrogens with one attached hydrogen (secondary N) is 4. The number of esters is 1. The molecule has 15 nitrogen and oxygen atoms in total. The fourth-order valence-corrected chi connectivity index (χ4v) is 6.10. The number of rotatable bonds is 21. The molecule has 4 atom stereocenters. The van der Waals surface area contributed by atoms with Gasteiger partial charge >= 0.3 is 12.1 Å². The fraction of sp³-hybridized carbons (Fsp3) is 0.333. The van der Waals surface area contributed by atoms with Crippen LogP contribution in [-0.4, -0.2) is 69.1 Å². The Balaban J connectivity index is 1.24. The molecule has 15 heteroatoms. The molecule has 63 heavy (non-hydrogen) atoms. The largest absolute Gasteiger partial charge is 0.489 e. The van der Waals surface area contributed by atoms with Crippen molar-refractivity contribution in [2.75, 3.05) is 0 Å². The lowest BCUT2D eigenvalue weighted by Crippen LogP contribution is -2.57. The summed E-state index contributed by atoms with van der Waals surface area (Å²) in [5, 5.41) is 10.7. The van der Waals surface area contributed by atoms with Gasteiger partial charge in [0.15, 0.2) is 0 Å². The highest BCUT2D eigenvalue weighted by Crippen LogP contribution is 2.17. The summed E-state index contributed by atoms with van der Waals surface area (Å²) in [6.07, 6.45) is 2.41. The van der Waals surface area contributed by atoms with Gasteiger partial charge in [-0.15, -0.1) is 0 Å². The minimum atomic E-state index is -1.23. The summed E-state index contributed by atoms with van der Waals surface area (Å²) in [5.41, 5.74) is 3.10. The molecule has 5 rings (SSSR count). The minimum Gasteiger partial charge on any atom is -0.489 e. The SMILES string of the molecule is C[C@@H](NC(=O)[C@H](Cc1ccc(OCc2ccccc2)cc1)NC(=O)OC(C)(C)C)C(=O)N[C@@H](Cc1cn(COCc2ccccc2)cn1)C(=O)N[C@H](C)C(=O)OCc1ccccc1. The lowest BCUT2D eigenvalue weighted by atomic mass is 10.0. The van der Waals surface area contributed by atoms with Crippen LogP contribution in [-0.2, 0) is 72.8 Å². The monoisotopic (exact) mass is 860 g/mol. The number of hydrogen-bond donors (Lipinski definition) is 4. The summed E-state index contributed by atoms with van der Waals surface area (Å²) in [6, 6.07) is 31.0. The Morgan fingerprint density at radius 2 is 1.14 bits per heavy atom. The highest BCUT2D eigenvalue weighted by molar-refractivity contribution is 5.94. The molecule has 1 aromatic heterocycles. The molecule has 0 aliphatic carbocycles. The second-order valence-electron chi connectivity index (χ2n) is 16.0. The van der Waals surface area contributed by atoms with Crippen molar-refractivity contribution in [1.82, 2.24) is 30.8 Å². The Morgan fingerprint density at radius 1 is 0.603 bits per heavy atom. The van der Waals surface area contributed by atoms with Gasteiger partial charge in [0.25, 0.3) is 0 Å². The average Bonchev–Trinajstić information content (AvgIpc) is 3.72. The molecule has 0 bridgehead atoms. The molecule has 4 N–H and O–H groups in total. The van der Waals surface area contributed by atoms with E-state index < -0.39 is 59.6 Å². The number of carbonyl (C=O) groups excluding carboxylic acids is 5. The lowest BCUT2D eigenvalue weighted by molar-refractivity contribution is -0.148. The first-order valence-corrected chi connectivity index (χ1v) is 20.7. The van der Waals surface area contributed by atoms with Crippen LogP contribution in [0.15, 0.2) is 128 Å². The van der Waals surface area contributed by atoms with Crippen LogP contribution >= 0.6 is 0 Å². The van der Waals surface area contributed by atoms with Crippen LogP contribution in [0.2, 0.25) is 0 Å². The van der Waals surface area contributed by atoms with E-state index in [0.29, 0.717) is 30.2 Å². The van der Waals surface area contributed by atoms with Gasteiger partial charge in [-0.1, -0.05) is 103 Å². The van der Waals surface area contributed by atoms with E-state index in [1.165, 1.54) is 13.8 Å². The van der Waals surface area contributed by atoms with Crippen molar-refractivity contribution in [1.29, 1.82) is 0 Å². The topological polar surface area (TPSA) is 188 Å². The summed E-state index contributed by atoms with van der Waals surface area (Å²) >= 11 is 0. The highest BCUT2D eigenvalue weighted by atomic mass is 16.6. The van der Waals surface area contributed by atoms with Crippen molar-refractivity contribution in [3.8, 4) is 5.75 Å². The number of benzene rings is 4. The number of imidazole rings is 1. The van der Waals surface area contributed by atoms with Gasteiger partial charge in [0, 0.05) is 19.0 Å². The second-order valence-corrected chi connectivity index (χ2v) is 16.0. The molecule has 0 radical (unpaired) electrons. The molecule has 0 saturated carbocycles. The first-order valence-electron chi connectivity index (χ1n) is 20.7. The van der Waals surface area contributed by atoms with Crippen LogP contribution in [0, 0.1) is 0 Å². The molecule has 0 unspecified atom stereocenters. The van der Waals surface area contributed by atoms with E-state index in [-0.39, 0.29) is 26.2 Å². The van der Waals surface area contributed by atoms with Gasteiger partial charge < -0.3 is 44.8 Å². The van der Waals surface area contributed by atoms with Gasteiger partial charge in [0.1, 0.15) is 55.5 Å². The second kappa shape index (κ2) is 23.3. The number of ether oxygens (including phenoxy) is 4. The predicted octanol–water partition coefficient (Wildman–Crippen LogP) is 5.55. The van der Waals surface area contributed by atoms with Crippen molar-refractivity contribution in [3.05, 3.63) is 156 Å². The summed E-state index contributed by atoms with van der Waals surface area (Å²) in [5.74, 6) is -2.10. The number of aromatic nitrogens is 2. The van der Waals surface area contributed by atoms with Crippen molar-refractivity contribution >= 4 is 29.8 Å². The van der Waals surface area contributed by atoms with Crippen LogP contribution in [0.1, 0.15) is 62.6 Å². The minimum absolute atomic E-state index is 0.0132. The number of carbonyl (C=O) groups is 5. The zero-order chi connectivity index (χ0) is 45.2. The zero-order valence-corrected chi connectivity index (χ0v) is 36.2. The molecule has 332 valence electrons. The van der Waals surface area contributed by atoms with Crippen LogP contribution in [0.25, 0.3) is 0 Å². The molecule has 5 aromatic rings. The predicted molar refractivity (Wildman–Crippen MR) is 235 cm³/mol. The van der Waals surface area contributed by atoms with E-state index in [9.17, 15) is 24.0 Å². The standard InChI is InChI=1S/C48H56N6O9/c1-33(50-44(56)41(53-47(59)63-48(3,4)5)25-35-21-23-40(24-22-35)61-29-37-17-11-7-12-18-37)43(55)52-42(45(57)51-34(2)46(58)62-30-38-19-13-8-14-20-38)26-39-27-54(31-49-39)32-60-28-36-15-9-6-10-16-36/h6-24,27,31,33-34,41-42H,25-26,28-30,32H2,1-5H3,(H,50,56)(H,51,57)(H,52,55)(H,53,59)/t33-,34-,41+,42+/m1/s1. The van der Waals surface area contributed by atoms with E-state index in [2.05, 4.69) is 26.3 Å². The molecule has 4 aromatic carbocycles. The molecule has 0 saturated heterocycles. The van der Waals surface area contributed by atoms with E-state index >= 15 is 0 Å². The first-order chi connectivity index (χ1) is 30.2. The molecular formula is C48H56N6O9. The molecule has 1 heterocycles. The van der Waals surface area contributed by atoms with Gasteiger partial charge in [-0.05, 0) is 69.0 Å². The summed E-state index contributed by atoms with van der Waals surface area (Å²) < 4.78 is 24.3. The number of nitrogens with zero attached hydrogens (tertiary/aromatic N) is 2. The lowest BCUT2D eigenvalue weighted by Gasteiger charge is -2.25. The maximum Gasteiger partial charge on any atom is 0.408 e. The van der Waals surface area contributed by atoms with Crippen molar-refractivity contribution in [3.63, 3.8) is 0 Å². The zero-order valence-electron chi connectivity index (χ0n) is 36.2. The molecule has 0 spiro atoms. The maximum absolute atomic E-state index is 13.8. The Bertz CT molecular complexity index is 2230. The Hall–Kier alpha value is -7.00. The van der Waals surface area contributed by atoms with Gasteiger partial charge in [-0.2, -0.15) is 0 Å². The van der Waals surface area contributed by atoms with Crippen molar-refractivity contribution in [2.24, 2.45) is 0 Å². The molecule has 0 aliphatic heterocycles. The van der Waals surface area contributed by atoms with Crippen LogP contribution in [0.3, 0.4) is 0 Å². The molecular weight excluding hydrogens is 805 g/mol. The van der Waals surface area contributed by atoms with Crippen molar-refractivity contribution in [2.45, 2.75) is 104 Å². The van der Waals surface area contributed by atoms with Crippen molar-refractivity contribution < 1.29 is 42.9 Å². The van der Waals surface area contributed by atoms with Crippen LogP contribution in [0.4, 0.5) is 4.79 Å². The molecule has 0 aliphatic rings. The van der Waals surface area contributed by atoms with Crippen LogP contribution in [0.5, 0.6) is 5.75 Å². The average molecular weight is 861 g/mol. The smallest absolute Gasteiger partial charge is 0.408 e. The summed E-state index contributed by atoms with van der Waals surface area (Å²) in [4.78, 5) is 71.6. The summed E-state index contributed by atoms with van der Waals surface area (Å²) in [7, 11) is 0. The number of hydrogen-bond acceptors (Lipinski definition) is 10. The Kier molecular flexibility index (Phi) is 17.4. The van der Waals surface area contributed by atoms with E-state index in [1.807, 2.05) is 91.0 Å². The normalized spacial score (nSPS) is 13.0. The van der Waals surface area contributed by atoms with Gasteiger partial charge in [0.2, 0.25) is 17.7 Å². The first kappa shape index (κ1) is 47.1. The molecule has 4 amide bonds. The summed E-state index contributed by atoms with van der Waals surface area (Å²) in [6.45, 7) is 8.99. The van der Waals surface area contributed by atoms with Gasteiger partial charge in [-0.3, -0.25) is 14.4 Å². The maximum atomic E-state index is 13.8. The third-order valence-electron chi connectivity index (χ3n) is 9.39. The van der Waals surface area contributed by atoms with E-state index in [0.717, 1.165) is 16.7 Å². The van der Waals surface area contributed by atoms with Crippen LogP contribution < -0.4 is 26.0 Å². The Morgan fingerprint density at radius 3 is 1.73 bits per heavy atom. The van der Waals surface area contributed by atoms with Gasteiger partial charge in [-0.25, -0.2) is 14.6 Å². The third kappa shape index (κ3) is 16.4.